The monoisotopic (exact) mass is 279 g/mol. The standard InChI is InChI=1S/C12H14ClN5O/c1-6(2)10-9(14)11(18-17-10)12(19)16-8-5-7(13)3-4-15-8/h3-6H,14H2,1-2H3,(H,17,18)(H,15,16,19). The van der Waals surface area contributed by atoms with Crippen LogP contribution >= 0.6 is 11.6 Å². The number of hydrogen-bond acceptors (Lipinski definition) is 4. The summed E-state index contributed by atoms with van der Waals surface area (Å²) < 4.78 is 0. The zero-order valence-corrected chi connectivity index (χ0v) is 11.3. The van der Waals surface area contributed by atoms with E-state index in [-0.39, 0.29) is 11.6 Å². The molecule has 0 aromatic carbocycles. The van der Waals surface area contributed by atoms with Crippen LogP contribution in [0.15, 0.2) is 18.3 Å². The fraction of sp³-hybridized carbons (Fsp3) is 0.250. The number of nitrogens with zero attached hydrogens (tertiary/aromatic N) is 2. The first-order chi connectivity index (χ1) is 8.99. The highest BCUT2D eigenvalue weighted by atomic mass is 35.5. The normalized spacial score (nSPS) is 10.7. The molecule has 0 saturated carbocycles. The van der Waals surface area contributed by atoms with E-state index in [9.17, 15) is 4.79 Å². The number of nitrogen functional groups attached to an aromatic ring is 1. The van der Waals surface area contributed by atoms with Crippen molar-refractivity contribution >= 4 is 29.0 Å². The quantitative estimate of drug-likeness (QED) is 0.804. The van der Waals surface area contributed by atoms with E-state index in [2.05, 4.69) is 20.5 Å². The van der Waals surface area contributed by atoms with Crippen LogP contribution in [0.2, 0.25) is 5.02 Å². The first-order valence-electron chi connectivity index (χ1n) is 5.75. The van der Waals surface area contributed by atoms with Crippen LogP contribution in [0.3, 0.4) is 0 Å². The summed E-state index contributed by atoms with van der Waals surface area (Å²) >= 11 is 5.81. The van der Waals surface area contributed by atoms with Crippen molar-refractivity contribution in [3.63, 3.8) is 0 Å². The smallest absolute Gasteiger partial charge is 0.279 e. The lowest BCUT2D eigenvalue weighted by atomic mass is 10.1. The minimum atomic E-state index is -0.421. The van der Waals surface area contributed by atoms with E-state index >= 15 is 0 Å². The summed E-state index contributed by atoms with van der Waals surface area (Å²) in [5.41, 5.74) is 7.14. The van der Waals surface area contributed by atoms with Crippen molar-refractivity contribution < 1.29 is 4.79 Å². The van der Waals surface area contributed by atoms with Gasteiger partial charge in [0.1, 0.15) is 5.82 Å². The molecular formula is C12H14ClN5O. The summed E-state index contributed by atoms with van der Waals surface area (Å²) in [5, 5.41) is 9.79. The van der Waals surface area contributed by atoms with Crippen LogP contribution in [0.4, 0.5) is 11.5 Å². The molecule has 0 aliphatic carbocycles. The molecule has 0 aliphatic rings. The Morgan fingerprint density at radius 3 is 2.84 bits per heavy atom. The van der Waals surface area contributed by atoms with Crippen LogP contribution < -0.4 is 11.1 Å². The van der Waals surface area contributed by atoms with Crippen molar-refractivity contribution in [2.75, 3.05) is 11.1 Å². The molecule has 100 valence electrons. The van der Waals surface area contributed by atoms with E-state index in [1.807, 2.05) is 13.8 Å². The van der Waals surface area contributed by atoms with Crippen LogP contribution in [-0.4, -0.2) is 21.1 Å². The predicted octanol–water partition coefficient (Wildman–Crippen LogP) is 2.42. The van der Waals surface area contributed by atoms with E-state index in [0.717, 1.165) is 5.69 Å². The second kappa shape index (κ2) is 5.27. The highest BCUT2D eigenvalue weighted by molar-refractivity contribution is 6.30. The van der Waals surface area contributed by atoms with E-state index in [1.54, 1.807) is 12.1 Å². The number of carbonyl (C=O) groups excluding carboxylic acids is 1. The maximum atomic E-state index is 12.0. The molecule has 1 amide bonds. The molecule has 0 radical (unpaired) electrons. The summed E-state index contributed by atoms with van der Waals surface area (Å²) in [5.74, 6) is 0.0970. The first kappa shape index (κ1) is 13.4. The number of carbonyl (C=O) groups is 1. The lowest BCUT2D eigenvalue weighted by molar-refractivity contribution is 0.102. The van der Waals surface area contributed by atoms with Gasteiger partial charge in [-0.1, -0.05) is 25.4 Å². The Bertz CT molecular complexity index is 608. The molecule has 7 heteroatoms. The molecule has 0 atom stereocenters. The molecule has 0 unspecified atom stereocenters. The summed E-state index contributed by atoms with van der Waals surface area (Å²) in [4.78, 5) is 16.0. The molecule has 0 aliphatic heterocycles. The Morgan fingerprint density at radius 1 is 1.53 bits per heavy atom. The second-order valence-corrected chi connectivity index (χ2v) is 4.80. The molecule has 4 N–H and O–H groups in total. The topological polar surface area (TPSA) is 96.7 Å². The van der Waals surface area contributed by atoms with E-state index in [1.165, 1.54) is 6.20 Å². The number of nitrogens with one attached hydrogen (secondary N) is 2. The van der Waals surface area contributed by atoms with Crippen molar-refractivity contribution in [1.29, 1.82) is 0 Å². The van der Waals surface area contributed by atoms with Crippen LogP contribution in [0.5, 0.6) is 0 Å². The average molecular weight is 280 g/mol. The van der Waals surface area contributed by atoms with Gasteiger partial charge in [-0.15, -0.1) is 0 Å². The molecule has 0 spiro atoms. The first-order valence-corrected chi connectivity index (χ1v) is 6.13. The van der Waals surface area contributed by atoms with Gasteiger partial charge in [0.15, 0.2) is 5.69 Å². The number of aromatic amines is 1. The van der Waals surface area contributed by atoms with Gasteiger partial charge in [-0.3, -0.25) is 9.89 Å². The van der Waals surface area contributed by atoms with Gasteiger partial charge in [0.25, 0.3) is 5.91 Å². The molecule has 6 nitrogen and oxygen atoms in total. The van der Waals surface area contributed by atoms with Crippen LogP contribution in [0, 0.1) is 0 Å². The number of hydrogen-bond donors (Lipinski definition) is 3. The van der Waals surface area contributed by atoms with Gasteiger partial charge in [0, 0.05) is 11.2 Å². The highest BCUT2D eigenvalue weighted by Crippen LogP contribution is 2.22. The number of pyridine rings is 1. The number of aromatic nitrogens is 3. The third-order valence-corrected chi connectivity index (χ3v) is 2.82. The Hall–Kier alpha value is -2.08. The van der Waals surface area contributed by atoms with Crippen molar-refractivity contribution in [3.8, 4) is 0 Å². The lowest BCUT2D eigenvalue weighted by Gasteiger charge is -2.04. The van der Waals surface area contributed by atoms with Gasteiger partial charge in [-0.05, 0) is 18.1 Å². The number of amides is 1. The number of rotatable bonds is 3. The largest absolute Gasteiger partial charge is 0.395 e. The van der Waals surface area contributed by atoms with Crippen molar-refractivity contribution in [2.24, 2.45) is 0 Å². The van der Waals surface area contributed by atoms with Crippen molar-refractivity contribution in [3.05, 3.63) is 34.7 Å². The molecule has 0 bridgehead atoms. The summed E-state index contributed by atoms with van der Waals surface area (Å²) in [6.45, 7) is 3.92. The summed E-state index contributed by atoms with van der Waals surface area (Å²) in [6.07, 6.45) is 1.51. The van der Waals surface area contributed by atoms with Crippen molar-refractivity contribution in [2.45, 2.75) is 19.8 Å². The Labute approximate surface area is 115 Å². The molecule has 0 saturated heterocycles. The van der Waals surface area contributed by atoms with Gasteiger partial charge >= 0.3 is 0 Å². The summed E-state index contributed by atoms with van der Waals surface area (Å²) in [6, 6.07) is 3.17. The van der Waals surface area contributed by atoms with Crippen LogP contribution in [0.1, 0.15) is 35.9 Å². The molecule has 19 heavy (non-hydrogen) atoms. The number of H-pyrrole nitrogens is 1. The molecule has 0 fully saturated rings. The number of anilines is 2. The molecule has 2 aromatic heterocycles. The zero-order chi connectivity index (χ0) is 14.0. The average Bonchev–Trinajstić information content (AvgIpc) is 2.71. The molecule has 2 rings (SSSR count). The minimum absolute atomic E-state index is 0.158. The third-order valence-electron chi connectivity index (χ3n) is 2.59. The van der Waals surface area contributed by atoms with Crippen molar-refractivity contribution in [1.82, 2.24) is 15.2 Å². The molecule has 2 heterocycles. The highest BCUT2D eigenvalue weighted by Gasteiger charge is 2.19. The zero-order valence-electron chi connectivity index (χ0n) is 10.6. The van der Waals surface area contributed by atoms with E-state index in [4.69, 9.17) is 17.3 Å². The Balaban J connectivity index is 2.21. The van der Waals surface area contributed by atoms with Crippen LogP contribution in [0.25, 0.3) is 0 Å². The maximum absolute atomic E-state index is 12.0. The summed E-state index contributed by atoms with van der Waals surface area (Å²) in [7, 11) is 0. The number of halogens is 1. The van der Waals surface area contributed by atoms with E-state index < -0.39 is 5.91 Å². The predicted molar refractivity (Wildman–Crippen MR) is 74.3 cm³/mol. The molecular weight excluding hydrogens is 266 g/mol. The van der Waals surface area contributed by atoms with Gasteiger partial charge in [-0.25, -0.2) is 4.98 Å². The van der Waals surface area contributed by atoms with Gasteiger partial charge < -0.3 is 11.1 Å². The fourth-order valence-corrected chi connectivity index (χ4v) is 1.79. The molecule has 2 aromatic rings. The Kier molecular flexibility index (Phi) is 3.71. The maximum Gasteiger partial charge on any atom is 0.279 e. The fourth-order valence-electron chi connectivity index (χ4n) is 1.63. The minimum Gasteiger partial charge on any atom is -0.395 e. The van der Waals surface area contributed by atoms with Gasteiger partial charge in [-0.2, -0.15) is 5.10 Å². The van der Waals surface area contributed by atoms with Crippen LogP contribution in [-0.2, 0) is 0 Å². The second-order valence-electron chi connectivity index (χ2n) is 4.37. The SMILES string of the molecule is CC(C)c1[nH]nc(C(=O)Nc2cc(Cl)ccn2)c1N. The van der Waals surface area contributed by atoms with Gasteiger partial charge in [0.2, 0.25) is 0 Å². The number of nitrogens with two attached hydrogens (primary N) is 1. The lowest BCUT2D eigenvalue weighted by Crippen LogP contribution is -2.15. The Morgan fingerprint density at radius 2 is 2.26 bits per heavy atom. The van der Waals surface area contributed by atoms with Gasteiger partial charge in [0.05, 0.1) is 11.4 Å². The third kappa shape index (κ3) is 2.85. The van der Waals surface area contributed by atoms with E-state index in [0.29, 0.717) is 16.5 Å².